The molecule has 1 aromatic heterocycles. The van der Waals surface area contributed by atoms with Crippen LogP contribution in [0.25, 0.3) is 0 Å². The van der Waals surface area contributed by atoms with Crippen LogP contribution < -0.4 is 11.4 Å². The van der Waals surface area contributed by atoms with E-state index < -0.39 is 89.8 Å². The molecule has 19 nitrogen and oxygen atoms in total. The van der Waals surface area contributed by atoms with Gasteiger partial charge >= 0.3 is 33.3 Å². The first-order valence-electron chi connectivity index (χ1n) is 27.5. The number of phosphoric ester groups is 2. The fourth-order valence-electron chi connectivity index (χ4n) is 7.81. The third kappa shape index (κ3) is 33.5. The summed E-state index contributed by atoms with van der Waals surface area (Å²) in [5.41, 5.74) is 4.58. The van der Waals surface area contributed by atoms with Crippen LogP contribution in [0.1, 0.15) is 181 Å². The number of ether oxygens (including phenoxy) is 3. The van der Waals surface area contributed by atoms with Crippen molar-refractivity contribution in [2.75, 3.05) is 25.6 Å². The molecule has 0 aromatic carbocycles. The molecule has 0 radical (unpaired) electrons. The highest BCUT2D eigenvalue weighted by atomic mass is 31.3. The Bertz CT molecular complexity index is 2090. The van der Waals surface area contributed by atoms with Crippen LogP contribution in [0.15, 0.2) is 90.0 Å². The summed E-state index contributed by atoms with van der Waals surface area (Å²) in [6.07, 6.45) is 38.9. The number of carbonyl (C=O) groups is 2. The van der Waals surface area contributed by atoms with Gasteiger partial charge in [-0.15, -0.1) is 0 Å². The number of aromatic nitrogens is 2. The lowest BCUT2D eigenvalue weighted by Crippen LogP contribution is -2.36. The monoisotopic (exact) mass is 1110 g/mol. The number of aliphatic hydroxyl groups is 3. The quantitative estimate of drug-likeness (QED) is 0.0116. The molecule has 7 N–H and O–H groups in total. The molecule has 0 saturated carbocycles. The van der Waals surface area contributed by atoms with E-state index in [-0.39, 0.29) is 18.7 Å². The van der Waals surface area contributed by atoms with Gasteiger partial charge in [-0.3, -0.25) is 23.2 Å². The highest BCUT2D eigenvalue weighted by Crippen LogP contribution is 2.60. The molecule has 2 heterocycles. The van der Waals surface area contributed by atoms with Gasteiger partial charge in [0.15, 0.2) is 12.3 Å². The van der Waals surface area contributed by atoms with Crippen LogP contribution in [-0.4, -0.2) is 96.9 Å². The standard InChI is InChI=1S/C55H91N3O16P2/c1-4-6-30-36-46(59)37-32-27-23-19-15-11-9-13-17-21-25-29-34-39-51(61)72-47(42-69-50(60)38-33-28-24-20-16-12-8-7-10-14-18-22-26-31-35-45(3)5-2)43-70-75(65,66)74-76(67,68)71-44-48-52(62)53(63)54(73-48)58-41-40-49(56)57-55(58)64/h6,11,13,15,17,23,25,27,29-30,32,37,40-41,45-48,52-54,59,62-63H,4-5,7-10,12,14,16,18-22,24,26,28,31,33-36,38-39,42-44H2,1-3H3,(H,65,66)(H,67,68)(H2,56,57,64)/b15-11-,17-13-,27-23+,29-25-,30-6-,37-32+/t45?,46?,47-,48-,52-,53-,54-/m1/s1. The third-order valence-corrected chi connectivity index (χ3v) is 15.0. The molecule has 432 valence electrons. The van der Waals surface area contributed by atoms with Crippen LogP contribution in [0.4, 0.5) is 5.82 Å². The van der Waals surface area contributed by atoms with Crippen molar-refractivity contribution in [3.8, 4) is 0 Å². The van der Waals surface area contributed by atoms with Gasteiger partial charge in [0.2, 0.25) is 0 Å². The van der Waals surface area contributed by atoms with E-state index in [9.17, 15) is 48.6 Å². The zero-order valence-corrected chi connectivity index (χ0v) is 47.1. The van der Waals surface area contributed by atoms with E-state index in [1.165, 1.54) is 76.7 Å². The van der Waals surface area contributed by atoms with Gasteiger partial charge < -0.3 is 45.1 Å². The normalized spacial score (nSPS) is 20.1. The largest absolute Gasteiger partial charge is 0.481 e. The van der Waals surface area contributed by atoms with E-state index in [1.807, 2.05) is 67.7 Å². The molecule has 0 amide bonds. The molecule has 0 spiro atoms. The molecule has 76 heavy (non-hydrogen) atoms. The molecule has 1 saturated heterocycles. The zero-order valence-electron chi connectivity index (χ0n) is 45.3. The molecule has 1 fully saturated rings. The molecular weight excluding hydrogens is 1020 g/mol. The summed E-state index contributed by atoms with van der Waals surface area (Å²) in [5.74, 6) is -0.580. The summed E-state index contributed by atoms with van der Waals surface area (Å²) in [6, 6.07) is 1.24. The van der Waals surface area contributed by atoms with E-state index in [4.69, 9.17) is 29.0 Å². The predicted octanol–water partition coefficient (Wildman–Crippen LogP) is 10.9. The Hall–Kier alpha value is -3.84. The maximum atomic E-state index is 12.9. The topological polar surface area (TPSA) is 286 Å². The average Bonchev–Trinajstić information content (AvgIpc) is 3.65. The lowest BCUT2D eigenvalue weighted by molar-refractivity contribution is -0.161. The van der Waals surface area contributed by atoms with Crippen molar-refractivity contribution >= 4 is 33.4 Å². The number of unbranched alkanes of at least 4 members (excludes halogenated alkanes) is 13. The SMILES string of the molecule is CC/C=C\CC(O)/C=C/C=C/C/C=C\C/C=C\C/C=C\CCC(=O)O[C@H](COC(=O)CCCCCCCCCCCCCCCCC(C)CC)COP(=O)(O)OP(=O)(O)OC[C@H]1O[C@@H](n2ccc(N)nc2=O)[C@H](O)[C@@H]1O. The Morgan fingerprint density at radius 1 is 0.750 bits per heavy atom. The minimum absolute atomic E-state index is 0.0925. The van der Waals surface area contributed by atoms with Gasteiger partial charge in [-0.25, -0.2) is 13.9 Å². The number of hydrogen-bond donors (Lipinski definition) is 6. The number of rotatable bonds is 44. The molecular formula is C55H91N3O16P2. The molecule has 21 heteroatoms. The van der Waals surface area contributed by atoms with Gasteiger partial charge in [0.1, 0.15) is 30.7 Å². The van der Waals surface area contributed by atoms with Crippen LogP contribution in [0.2, 0.25) is 0 Å². The number of hydrogen-bond acceptors (Lipinski definition) is 16. The van der Waals surface area contributed by atoms with Gasteiger partial charge in [0, 0.05) is 19.0 Å². The van der Waals surface area contributed by atoms with E-state index in [0.29, 0.717) is 25.7 Å². The molecule has 1 aliphatic heterocycles. The minimum Gasteiger partial charge on any atom is -0.462 e. The van der Waals surface area contributed by atoms with Crippen molar-refractivity contribution in [1.82, 2.24) is 9.55 Å². The summed E-state index contributed by atoms with van der Waals surface area (Å²) in [4.78, 5) is 62.0. The Kier molecular flexibility index (Phi) is 37.0. The number of carbonyl (C=O) groups excluding carboxylic acids is 2. The maximum absolute atomic E-state index is 12.9. The Morgan fingerprint density at radius 2 is 1.33 bits per heavy atom. The second-order valence-electron chi connectivity index (χ2n) is 19.2. The van der Waals surface area contributed by atoms with E-state index in [0.717, 1.165) is 61.6 Å². The van der Waals surface area contributed by atoms with Crippen molar-refractivity contribution in [2.24, 2.45) is 5.92 Å². The van der Waals surface area contributed by atoms with Crippen molar-refractivity contribution in [3.05, 3.63) is 95.7 Å². The summed E-state index contributed by atoms with van der Waals surface area (Å²) in [6.45, 7) is 4.24. The minimum atomic E-state index is -5.45. The van der Waals surface area contributed by atoms with Gasteiger partial charge in [-0.2, -0.15) is 9.29 Å². The van der Waals surface area contributed by atoms with Crippen molar-refractivity contribution in [2.45, 2.75) is 212 Å². The molecule has 0 bridgehead atoms. The number of nitrogen functional groups attached to an aromatic ring is 1. The first kappa shape index (κ1) is 68.3. The second-order valence-corrected chi connectivity index (χ2v) is 22.2. The fraction of sp³-hybridized carbons (Fsp3) is 0.673. The Labute approximate surface area is 451 Å². The van der Waals surface area contributed by atoms with Crippen LogP contribution >= 0.6 is 15.6 Å². The molecule has 1 aliphatic rings. The van der Waals surface area contributed by atoms with Gasteiger partial charge in [0.05, 0.1) is 19.3 Å². The second kappa shape index (κ2) is 41.2. The number of esters is 2. The van der Waals surface area contributed by atoms with Gasteiger partial charge in [-0.1, -0.05) is 190 Å². The molecule has 4 unspecified atom stereocenters. The Morgan fingerprint density at radius 3 is 1.93 bits per heavy atom. The average molecular weight is 1110 g/mol. The fourth-order valence-corrected chi connectivity index (χ4v) is 9.92. The summed E-state index contributed by atoms with van der Waals surface area (Å²) in [5, 5.41) is 30.8. The smallest absolute Gasteiger partial charge is 0.462 e. The molecule has 9 atom stereocenters. The van der Waals surface area contributed by atoms with Crippen LogP contribution in [0, 0.1) is 5.92 Å². The van der Waals surface area contributed by atoms with Gasteiger partial charge in [0.25, 0.3) is 0 Å². The zero-order chi connectivity index (χ0) is 55.9. The van der Waals surface area contributed by atoms with Crippen molar-refractivity contribution in [3.63, 3.8) is 0 Å². The maximum Gasteiger partial charge on any atom is 0.481 e. The lowest BCUT2D eigenvalue weighted by Gasteiger charge is -2.21. The summed E-state index contributed by atoms with van der Waals surface area (Å²) >= 11 is 0. The van der Waals surface area contributed by atoms with Crippen molar-refractivity contribution < 1.29 is 71.4 Å². The van der Waals surface area contributed by atoms with Crippen LogP contribution in [-0.2, 0) is 46.3 Å². The number of aliphatic hydroxyl groups excluding tert-OH is 3. The molecule has 0 aliphatic carbocycles. The first-order chi connectivity index (χ1) is 36.5. The van der Waals surface area contributed by atoms with Crippen molar-refractivity contribution in [1.29, 1.82) is 0 Å². The van der Waals surface area contributed by atoms with E-state index in [2.05, 4.69) is 23.1 Å². The van der Waals surface area contributed by atoms with Gasteiger partial charge in [-0.05, 0) is 56.9 Å². The highest BCUT2D eigenvalue weighted by molar-refractivity contribution is 7.61. The number of anilines is 1. The van der Waals surface area contributed by atoms with E-state index in [1.54, 1.807) is 12.2 Å². The first-order valence-corrected chi connectivity index (χ1v) is 30.4. The number of phosphoric acid groups is 2. The predicted molar refractivity (Wildman–Crippen MR) is 294 cm³/mol. The van der Waals surface area contributed by atoms with Crippen LogP contribution in [0.3, 0.4) is 0 Å². The van der Waals surface area contributed by atoms with E-state index >= 15 is 0 Å². The lowest BCUT2D eigenvalue weighted by atomic mass is 9.99. The summed E-state index contributed by atoms with van der Waals surface area (Å²) in [7, 11) is -10.9. The van der Waals surface area contributed by atoms with Crippen LogP contribution in [0.5, 0.6) is 0 Å². The molecule has 1 aromatic rings. The number of nitrogens with two attached hydrogens (primary N) is 1. The third-order valence-electron chi connectivity index (χ3n) is 12.4. The molecule has 2 rings (SSSR count). The Balaban J connectivity index is 1.82. The number of nitrogens with zero attached hydrogens (tertiary/aromatic N) is 2. The summed E-state index contributed by atoms with van der Waals surface area (Å²) < 4.78 is 56.8. The highest BCUT2D eigenvalue weighted by Gasteiger charge is 2.46. The number of allylic oxidation sites excluding steroid dienone is 10.